The predicted octanol–water partition coefficient (Wildman–Crippen LogP) is 0.367. The molecule has 1 saturated heterocycles. The van der Waals surface area contributed by atoms with Crippen LogP contribution < -0.4 is 5.32 Å². The molecule has 1 N–H and O–H groups in total. The van der Waals surface area contributed by atoms with Gasteiger partial charge < -0.3 is 5.32 Å². The minimum absolute atomic E-state index is 1.02. The van der Waals surface area contributed by atoms with Crippen LogP contribution >= 0.6 is 0 Å². The van der Waals surface area contributed by atoms with Crippen LogP contribution in [0.2, 0.25) is 0 Å². The second-order valence-corrected chi connectivity index (χ2v) is 3.13. The van der Waals surface area contributed by atoms with Gasteiger partial charge in [0.15, 0.2) is 0 Å². The largest absolute Gasteiger partial charge is 0.307 e. The second-order valence-electron chi connectivity index (χ2n) is 3.13. The van der Waals surface area contributed by atoms with Crippen LogP contribution in [0.4, 0.5) is 0 Å². The number of hydrogen-bond donors (Lipinski definition) is 1. The minimum Gasteiger partial charge on any atom is -0.307 e. The third-order valence-electron chi connectivity index (χ3n) is 2.52. The highest BCUT2D eigenvalue weighted by atomic mass is 15.3. The van der Waals surface area contributed by atoms with Gasteiger partial charge in [0.25, 0.3) is 0 Å². The third-order valence-corrected chi connectivity index (χ3v) is 2.52. The van der Waals surface area contributed by atoms with Crippen LogP contribution in [0.15, 0.2) is 0 Å². The lowest BCUT2D eigenvalue weighted by molar-refractivity contribution is 0.561. The molecule has 0 aromatic rings. The van der Waals surface area contributed by atoms with E-state index in [4.69, 9.17) is 0 Å². The standard InChI is InChI=1S/C6H9N/c1-2-3(1)4-5-6(4)7-5/h3-7H,1-2H2. The van der Waals surface area contributed by atoms with Crippen molar-refractivity contribution in [1.29, 1.82) is 0 Å². The van der Waals surface area contributed by atoms with Crippen molar-refractivity contribution in [3.8, 4) is 0 Å². The first-order valence-corrected chi connectivity index (χ1v) is 3.23. The summed E-state index contributed by atoms with van der Waals surface area (Å²) in [6, 6.07) is 2.04. The fraction of sp³-hybridized carbons (Fsp3) is 1.00. The molecular weight excluding hydrogens is 86.1 g/mol. The first-order valence-electron chi connectivity index (χ1n) is 3.23. The Morgan fingerprint density at radius 2 is 1.86 bits per heavy atom. The fourth-order valence-corrected chi connectivity index (χ4v) is 1.67. The summed E-state index contributed by atoms with van der Waals surface area (Å²) >= 11 is 0. The molecule has 1 heteroatoms. The van der Waals surface area contributed by atoms with Crippen LogP contribution in [0.25, 0.3) is 0 Å². The maximum atomic E-state index is 3.37. The Kier molecular flexibility index (Phi) is 0.288. The van der Waals surface area contributed by atoms with E-state index in [1.54, 1.807) is 12.8 Å². The quantitative estimate of drug-likeness (QED) is 0.467. The van der Waals surface area contributed by atoms with Crippen molar-refractivity contribution in [2.24, 2.45) is 11.8 Å². The number of rotatable bonds is 1. The van der Waals surface area contributed by atoms with Crippen LogP contribution in [0.5, 0.6) is 0 Å². The highest BCUT2D eigenvalue weighted by Gasteiger charge is 2.68. The summed E-state index contributed by atoms with van der Waals surface area (Å²) in [7, 11) is 0. The molecule has 0 aromatic carbocycles. The summed E-state index contributed by atoms with van der Waals surface area (Å²) in [6.07, 6.45) is 3.08. The maximum Gasteiger partial charge on any atom is 0.0274 e. The van der Waals surface area contributed by atoms with Crippen molar-refractivity contribution in [1.82, 2.24) is 5.32 Å². The molecule has 0 radical (unpaired) electrons. The van der Waals surface area contributed by atoms with E-state index in [0.717, 1.165) is 12.1 Å². The zero-order valence-electron chi connectivity index (χ0n) is 4.22. The second kappa shape index (κ2) is 0.655. The Balaban J connectivity index is 1.79. The van der Waals surface area contributed by atoms with Gasteiger partial charge in [0, 0.05) is 12.1 Å². The van der Waals surface area contributed by atoms with Gasteiger partial charge in [-0.15, -0.1) is 0 Å². The Bertz CT molecular complexity index is 109. The van der Waals surface area contributed by atoms with Gasteiger partial charge in [-0.3, -0.25) is 0 Å². The van der Waals surface area contributed by atoms with E-state index in [1.165, 1.54) is 11.8 Å². The molecule has 1 aliphatic heterocycles. The fourth-order valence-electron chi connectivity index (χ4n) is 1.67. The minimum atomic E-state index is 1.02. The Morgan fingerprint density at radius 3 is 2.00 bits per heavy atom. The molecule has 3 rings (SSSR count). The molecule has 0 spiro atoms. The molecule has 2 aliphatic carbocycles. The van der Waals surface area contributed by atoms with Gasteiger partial charge >= 0.3 is 0 Å². The van der Waals surface area contributed by atoms with Crippen molar-refractivity contribution in [2.45, 2.75) is 24.9 Å². The zero-order chi connectivity index (χ0) is 4.43. The smallest absolute Gasteiger partial charge is 0.0274 e. The monoisotopic (exact) mass is 95.1 g/mol. The Morgan fingerprint density at radius 1 is 1.14 bits per heavy atom. The van der Waals surface area contributed by atoms with Gasteiger partial charge in [0.2, 0.25) is 0 Å². The lowest BCUT2D eigenvalue weighted by atomic mass is 10.2. The van der Waals surface area contributed by atoms with Crippen LogP contribution in [-0.4, -0.2) is 12.1 Å². The summed E-state index contributed by atoms with van der Waals surface area (Å²) in [5, 5.41) is 3.37. The molecule has 1 nitrogen and oxygen atoms in total. The lowest BCUT2D eigenvalue weighted by Gasteiger charge is -1.95. The number of fused-ring (bicyclic) bond motifs is 1. The SMILES string of the molecule is C1CC1C1C2NC21. The van der Waals surface area contributed by atoms with Crippen molar-refractivity contribution in [2.75, 3.05) is 0 Å². The van der Waals surface area contributed by atoms with Gasteiger partial charge in [-0.05, 0) is 24.7 Å². The summed E-state index contributed by atoms with van der Waals surface area (Å²) in [5.41, 5.74) is 0. The summed E-state index contributed by atoms with van der Waals surface area (Å²) in [5.74, 6) is 2.34. The topological polar surface area (TPSA) is 21.9 Å². The molecule has 0 aromatic heterocycles. The van der Waals surface area contributed by atoms with Gasteiger partial charge in [0.05, 0.1) is 0 Å². The van der Waals surface area contributed by atoms with Gasteiger partial charge in [-0.1, -0.05) is 0 Å². The van der Waals surface area contributed by atoms with Crippen LogP contribution in [-0.2, 0) is 0 Å². The Labute approximate surface area is 43.1 Å². The molecular formula is C6H9N. The average Bonchev–Trinajstić information content (AvgIpc) is 2.28. The summed E-state index contributed by atoms with van der Waals surface area (Å²) in [6.45, 7) is 0. The molecule has 38 valence electrons. The van der Waals surface area contributed by atoms with Crippen molar-refractivity contribution < 1.29 is 0 Å². The average molecular weight is 95.1 g/mol. The number of nitrogens with one attached hydrogen (secondary N) is 1. The van der Waals surface area contributed by atoms with E-state index in [2.05, 4.69) is 5.32 Å². The van der Waals surface area contributed by atoms with E-state index in [9.17, 15) is 0 Å². The highest BCUT2D eigenvalue weighted by molar-refractivity contribution is 5.27. The van der Waals surface area contributed by atoms with E-state index in [0.29, 0.717) is 0 Å². The van der Waals surface area contributed by atoms with Crippen molar-refractivity contribution >= 4 is 0 Å². The zero-order valence-corrected chi connectivity index (χ0v) is 4.22. The molecule has 1 heterocycles. The van der Waals surface area contributed by atoms with Gasteiger partial charge in [-0.2, -0.15) is 0 Å². The van der Waals surface area contributed by atoms with Crippen molar-refractivity contribution in [3.63, 3.8) is 0 Å². The molecule has 7 heavy (non-hydrogen) atoms. The molecule has 2 unspecified atom stereocenters. The summed E-state index contributed by atoms with van der Waals surface area (Å²) in [4.78, 5) is 0. The summed E-state index contributed by atoms with van der Waals surface area (Å²) < 4.78 is 0. The maximum absolute atomic E-state index is 3.37. The van der Waals surface area contributed by atoms with E-state index >= 15 is 0 Å². The predicted molar refractivity (Wildman–Crippen MR) is 26.9 cm³/mol. The first-order chi connectivity index (χ1) is 3.47. The normalized spacial score (nSPS) is 64.3. The molecule has 0 bridgehead atoms. The molecule has 0 amide bonds. The van der Waals surface area contributed by atoms with E-state index in [-0.39, 0.29) is 0 Å². The number of hydrogen-bond acceptors (Lipinski definition) is 1. The Hall–Kier alpha value is -0.0400. The lowest BCUT2D eigenvalue weighted by Crippen LogP contribution is -2.08. The van der Waals surface area contributed by atoms with E-state index in [1.807, 2.05) is 0 Å². The third kappa shape index (κ3) is 0.260. The molecule has 3 fully saturated rings. The first kappa shape index (κ1) is 3.08. The van der Waals surface area contributed by atoms with Crippen LogP contribution in [0, 0.1) is 11.8 Å². The van der Waals surface area contributed by atoms with Crippen LogP contribution in [0.1, 0.15) is 12.8 Å². The van der Waals surface area contributed by atoms with Gasteiger partial charge in [-0.25, -0.2) is 0 Å². The van der Waals surface area contributed by atoms with Crippen molar-refractivity contribution in [3.05, 3.63) is 0 Å². The van der Waals surface area contributed by atoms with Crippen LogP contribution in [0.3, 0.4) is 0 Å². The molecule has 2 atom stereocenters. The van der Waals surface area contributed by atoms with E-state index < -0.39 is 0 Å². The van der Waals surface area contributed by atoms with Gasteiger partial charge in [0.1, 0.15) is 0 Å². The molecule has 2 saturated carbocycles. The highest BCUT2D eigenvalue weighted by Crippen LogP contribution is 2.57. The molecule has 3 aliphatic rings.